The quantitative estimate of drug-likeness (QED) is 0.763. The summed E-state index contributed by atoms with van der Waals surface area (Å²) in [5.41, 5.74) is 0.783. The van der Waals surface area contributed by atoms with Crippen LogP contribution in [0, 0.1) is 14.9 Å². The monoisotopic (exact) mass is 285 g/mol. The summed E-state index contributed by atoms with van der Waals surface area (Å²) in [6, 6.07) is 10.5. The maximum Gasteiger partial charge on any atom is 0.0792 e. The predicted octanol–water partition coefficient (Wildman–Crippen LogP) is 3.48. The number of benzene rings is 1. The molecule has 0 aliphatic heterocycles. The van der Waals surface area contributed by atoms with Gasteiger partial charge in [0.2, 0.25) is 0 Å². The van der Waals surface area contributed by atoms with Gasteiger partial charge in [-0.05, 0) is 53.6 Å². The summed E-state index contributed by atoms with van der Waals surface area (Å²) in [5.74, 6) is 0. The second-order valence-corrected chi connectivity index (χ2v) is 4.55. The maximum absolute atomic E-state index is 9.08. The predicted molar refractivity (Wildman–Crippen MR) is 62.4 cm³/mol. The zero-order chi connectivity index (χ0) is 9.90. The number of rotatable bonds is 2. The van der Waals surface area contributed by atoms with E-state index >= 15 is 0 Å². The van der Waals surface area contributed by atoms with Crippen LogP contribution in [0.5, 0.6) is 0 Å². The van der Waals surface area contributed by atoms with Crippen molar-refractivity contribution in [3.8, 4) is 6.07 Å². The summed E-state index contributed by atoms with van der Waals surface area (Å²) < 4.78 is 1.19. The Balaban J connectivity index is 3.14. The minimum absolute atomic E-state index is 0.332. The van der Waals surface area contributed by atoms with Crippen molar-refractivity contribution in [2.45, 2.75) is 25.7 Å². The van der Waals surface area contributed by atoms with Crippen LogP contribution in [0.2, 0.25) is 0 Å². The van der Waals surface area contributed by atoms with Gasteiger partial charge in [-0.2, -0.15) is 5.26 Å². The molecule has 0 spiro atoms. The summed E-state index contributed by atoms with van der Waals surface area (Å²) in [6.45, 7) is 4.03. The van der Waals surface area contributed by atoms with Gasteiger partial charge in [-0.3, -0.25) is 0 Å². The van der Waals surface area contributed by atoms with Crippen molar-refractivity contribution in [2.75, 3.05) is 0 Å². The fourth-order valence-corrected chi connectivity index (χ4v) is 1.72. The molecule has 0 amide bonds. The van der Waals surface area contributed by atoms with Crippen LogP contribution < -0.4 is 0 Å². The van der Waals surface area contributed by atoms with Crippen molar-refractivity contribution in [1.29, 1.82) is 5.26 Å². The van der Waals surface area contributed by atoms with E-state index < -0.39 is 0 Å². The van der Waals surface area contributed by atoms with Gasteiger partial charge in [-0.1, -0.05) is 19.1 Å². The molecule has 0 bridgehead atoms. The largest absolute Gasteiger partial charge is 0.197 e. The average Bonchev–Trinajstić information content (AvgIpc) is 2.17. The molecule has 2 heteroatoms. The molecule has 0 aliphatic rings. The molecule has 0 fully saturated rings. The van der Waals surface area contributed by atoms with E-state index in [1.54, 1.807) is 0 Å². The standard InChI is InChI=1S/C11H12IN/c1-3-11(2,8-13)9-5-4-6-10(12)7-9/h4-7H,3H2,1-2H3. The average molecular weight is 285 g/mol. The van der Waals surface area contributed by atoms with Gasteiger partial charge in [-0.15, -0.1) is 0 Å². The second kappa shape index (κ2) is 4.10. The molecule has 0 saturated heterocycles. The summed E-state index contributed by atoms with van der Waals surface area (Å²) in [5, 5.41) is 9.08. The summed E-state index contributed by atoms with van der Waals surface area (Å²) in [7, 11) is 0. The van der Waals surface area contributed by atoms with Crippen LogP contribution >= 0.6 is 22.6 Å². The molecule has 68 valence electrons. The highest BCUT2D eigenvalue weighted by Gasteiger charge is 2.23. The van der Waals surface area contributed by atoms with E-state index in [0.717, 1.165) is 12.0 Å². The Morgan fingerprint density at radius 2 is 2.23 bits per heavy atom. The minimum Gasteiger partial charge on any atom is -0.197 e. The van der Waals surface area contributed by atoms with E-state index in [0.29, 0.717) is 0 Å². The molecule has 0 heterocycles. The second-order valence-electron chi connectivity index (χ2n) is 3.31. The van der Waals surface area contributed by atoms with Gasteiger partial charge < -0.3 is 0 Å². The molecule has 1 unspecified atom stereocenters. The molecule has 1 rings (SSSR count). The fourth-order valence-electron chi connectivity index (χ4n) is 1.18. The molecule has 0 aromatic heterocycles. The molecule has 1 nitrogen and oxygen atoms in total. The smallest absolute Gasteiger partial charge is 0.0792 e. The van der Waals surface area contributed by atoms with Gasteiger partial charge in [0.25, 0.3) is 0 Å². The van der Waals surface area contributed by atoms with Crippen LogP contribution in [-0.4, -0.2) is 0 Å². The third-order valence-electron chi connectivity index (χ3n) is 2.42. The highest BCUT2D eigenvalue weighted by Crippen LogP contribution is 2.27. The topological polar surface area (TPSA) is 23.8 Å². The van der Waals surface area contributed by atoms with Gasteiger partial charge >= 0.3 is 0 Å². The van der Waals surface area contributed by atoms with Gasteiger partial charge in [-0.25, -0.2) is 0 Å². The first-order valence-electron chi connectivity index (χ1n) is 4.29. The summed E-state index contributed by atoms with van der Waals surface area (Å²) >= 11 is 2.27. The Hall–Kier alpha value is -0.560. The van der Waals surface area contributed by atoms with E-state index in [1.165, 1.54) is 3.57 Å². The van der Waals surface area contributed by atoms with Crippen molar-refractivity contribution in [2.24, 2.45) is 0 Å². The van der Waals surface area contributed by atoms with Crippen LogP contribution in [0.15, 0.2) is 24.3 Å². The summed E-state index contributed by atoms with van der Waals surface area (Å²) in [6.07, 6.45) is 0.851. The van der Waals surface area contributed by atoms with Crippen molar-refractivity contribution in [1.82, 2.24) is 0 Å². The van der Waals surface area contributed by atoms with E-state index in [-0.39, 0.29) is 5.41 Å². The van der Waals surface area contributed by atoms with Crippen LogP contribution in [0.3, 0.4) is 0 Å². The van der Waals surface area contributed by atoms with Crippen molar-refractivity contribution < 1.29 is 0 Å². The lowest BCUT2D eigenvalue weighted by atomic mass is 9.82. The SMILES string of the molecule is CCC(C)(C#N)c1cccc(I)c1. The lowest BCUT2D eigenvalue weighted by molar-refractivity contribution is 0.587. The minimum atomic E-state index is -0.332. The highest BCUT2D eigenvalue weighted by molar-refractivity contribution is 14.1. The van der Waals surface area contributed by atoms with Crippen LogP contribution in [0.4, 0.5) is 0 Å². The maximum atomic E-state index is 9.08. The third kappa shape index (κ3) is 2.22. The Labute approximate surface area is 92.9 Å². The lowest BCUT2D eigenvalue weighted by Crippen LogP contribution is -2.17. The van der Waals surface area contributed by atoms with E-state index in [4.69, 9.17) is 5.26 Å². The van der Waals surface area contributed by atoms with E-state index in [1.807, 2.05) is 32.0 Å². The van der Waals surface area contributed by atoms with Crippen LogP contribution in [0.1, 0.15) is 25.8 Å². The Bertz CT molecular complexity index is 340. The van der Waals surface area contributed by atoms with Gasteiger partial charge in [0, 0.05) is 3.57 Å². The molecule has 1 atom stereocenters. The molecule has 13 heavy (non-hydrogen) atoms. The van der Waals surface area contributed by atoms with Crippen molar-refractivity contribution in [3.63, 3.8) is 0 Å². The first kappa shape index (κ1) is 10.5. The van der Waals surface area contributed by atoms with E-state index in [2.05, 4.69) is 34.7 Å². The zero-order valence-corrected chi connectivity index (χ0v) is 10.00. The van der Waals surface area contributed by atoms with Crippen LogP contribution in [0.25, 0.3) is 0 Å². The third-order valence-corrected chi connectivity index (χ3v) is 3.09. The Morgan fingerprint density at radius 3 is 2.69 bits per heavy atom. The normalized spacial score (nSPS) is 14.6. The Morgan fingerprint density at radius 1 is 1.54 bits per heavy atom. The number of hydrogen-bond donors (Lipinski definition) is 0. The molecule has 0 saturated carbocycles. The molecule has 0 aliphatic carbocycles. The first-order chi connectivity index (χ1) is 6.12. The van der Waals surface area contributed by atoms with Gasteiger partial charge in [0.1, 0.15) is 0 Å². The van der Waals surface area contributed by atoms with Crippen molar-refractivity contribution >= 4 is 22.6 Å². The molecular formula is C11H12IN. The number of halogens is 1. The molecule has 1 aromatic rings. The molecule has 0 radical (unpaired) electrons. The van der Waals surface area contributed by atoms with Gasteiger partial charge in [0.15, 0.2) is 0 Å². The summed E-state index contributed by atoms with van der Waals surface area (Å²) in [4.78, 5) is 0. The van der Waals surface area contributed by atoms with Crippen LogP contribution in [-0.2, 0) is 5.41 Å². The van der Waals surface area contributed by atoms with Gasteiger partial charge in [0.05, 0.1) is 11.5 Å². The number of hydrogen-bond acceptors (Lipinski definition) is 1. The zero-order valence-electron chi connectivity index (χ0n) is 7.84. The molecule has 0 N–H and O–H groups in total. The lowest BCUT2D eigenvalue weighted by Gasteiger charge is -2.19. The molecular weight excluding hydrogens is 273 g/mol. The highest BCUT2D eigenvalue weighted by atomic mass is 127. The first-order valence-corrected chi connectivity index (χ1v) is 5.37. The fraction of sp³-hybridized carbons (Fsp3) is 0.364. The van der Waals surface area contributed by atoms with Crippen molar-refractivity contribution in [3.05, 3.63) is 33.4 Å². The Kier molecular flexibility index (Phi) is 3.32. The van der Waals surface area contributed by atoms with E-state index in [9.17, 15) is 0 Å². The number of nitrogens with zero attached hydrogens (tertiary/aromatic N) is 1. The number of nitriles is 1. The molecule has 1 aromatic carbocycles.